The van der Waals surface area contributed by atoms with Gasteiger partial charge in [0, 0.05) is 6.42 Å². The predicted molar refractivity (Wildman–Crippen MR) is 121 cm³/mol. The number of carbonyl (C=O) groups is 1. The average Bonchev–Trinajstić information content (AvgIpc) is 2.77. The van der Waals surface area contributed by atoms with Gasteiger partial charge in [0.1, 0.15) is 37.4 Å². The molecule has 0 radical (unpaired) electrons. The molecule has 0 heterocycles. The summed E-state index contributed by atoms with van der Waals surface area (Å²) in [6.07, 6.45) is 0.646. The second-order valence-corrected chi connectivity index (χ2v) is 8.35. The van der Waals surface area contributed by atoms with Crippen LogP contribution < -0.4 is 9.47 Å². The number of nitriles is 1. The molecule has 7 nitrogen and oxygen atoms in total. The Labute approximate surface area is 190 Å². The zero-order chi connectivity index (χ0) is 23.4. The van der Waals surface area contributed by atoms with Gasteiger partial charge in [-0.15, -0.1) is 0 Å². The number of nitrogens with zero attached hydrogens (tertiary/aromatic N) is 2. The molecule has 2 aromatic carbocycles. The van der Waals surface area contributed by atoms with Crippen molar-refractivity contribution in [3.05, 3.63) is 59.7 Å². The van der Waals surface area contributed by atoms with E-state index in [0.717, 1.165) is 24.3 Å². The summed E-state index contributed by atoms with van der Waals surface area (Å²) in [4.78, 5) is 11.7. The highest BCUT2D eigenvalue weighted by molar-refractivity contribution is 5.72. The van der Waals surface area contributed by atoms with E-state index in [0.29, 0.717) is 16.8 Å². The molecule has 0 aliphatic carbocycles. The molecule has 0 bridgehead atoms. The predicted octanol–water partition coefficient (Wildman–Crippen LogP) is 2.75. The van der Waals surface area contributed by atoms with Crippen molar-refractivity contribution in [3.8, 4) is 17.6 Å². The fraction of sp³-hybridized carbons (Fsp3) is 0.440. The van der Waals surface area contributed by atoms with Gasteiger partial charge in [0.2, 0.25) is 0 Å². The molecule has 1 N–H and O–H groups in total. The Balaban J connectivity index is 1.73. The summed E-state index contributed by atoms with van der Waals surface area (Å²) >= 11 is 0. The number of likely N-dealkylation sites (N-methyl/N-ethyl adjacent to an activating group) is 1. The Morgan fingerprint density at radius 2 is 1.69 bits per heavy atom. The van der Waals surface area contributed by atoms with Gasteiger partial charge in [0.15, 0.2) is 0 Å². The molecule has 0 spiro atoms. The van der Waals surface area contributed by atoms with Crippen LogP contribution in [0.3, 0.4) is 0 Å². The molecule has 2 rings (SSSR count). The van der Waals surface area contributed by atoms with Crippen LogP contribution in [-0.4, -0.2) is 69.2 Å². The zero-order valence-corrected chi connectivity index (χ0v) is 19.1. The molecule has 7 heteroatoms. The highest BCUT2D eigenvalue weighted by atomic mass is 16.5. The van der Waals surface area contributed by atoms with Crippen LogP contribution in [0.15, 0.2) is 48.5 Å². The van der Waals surface area contributed by atoms with Crippen LogP contribution >= 0.6 is 0 Å². The van der Waals surface area contributed by atoms with Crippen LogP contribution in [0.1, 0.15) is 17.5 Å². The van der Waals surface area contributed by atoms with Crippen LogP contribution in [0.4, 0.5) is 0 Å². The minimum absolute atomic E-state index is 0.114. The highest BCUT2D eigenvalue weighted by Crippen LogP contribution is 2.15. The summed E-state index contributed by atoms with van der Waals surface area (Å²) in [5.41, 5.74) is 2.04. The number of hydrogen-bond acceptors (Lipinski definition) is 6. The highest BCUT2D eigenvalue weighted by Gasteiger charge is 2.21. The van der Waals surface area contributed by atoms with Gasteiger partial charge in [-0.2, -0.15) is 5.26 Å². The fourth-order valence-corrected chi connectivity index (χ4v) is 3.26. The molecule has 0 saturated heterocycles. The molecule has 172 valence electrons. The second kappa shape index (κ2) is 12.7. The van der Waals surface area contributed by atoms with Crippen molar-refractivity contribution in [2.75, 3.05) is 47.5 Å². The lowest BCUT2D eigenvalue weighted by atomic mass is 10.1. The first-order valence-corrected chi connectivity index (χ1v) is 10.7. The average molecular weight is 442 g/mol. The van der Waals surface area contributed by atoms with Crippen LogP contribution in [0.2, 0.25) is 0 Å². The minimum atomic E-state index is -0.601. The molecule has 32 heavy (non-hydrogen) atoms. The third-order valence-electron chi connectivity index (χ3n) is 5.06. The third-order valence-corrected chi connectivity index (χ3v) is 5.06. The molecule has 0 aromatic heterocycles. The van der Waals surface area contributed by atoms with Gasteiger partial charge in [-0.3, -0.25) is 4.79 Å². The van der Waals surface area contributed by atoms with Crippen molar-refractivity contribution in [3.63, 3.8) is 0 Å². The molecular weight excluding hydrogens is 408 g/mol. The van der Waals surface area contributed by atoms with Gasteiger partial charge >= 0.3 is 5.97 Å². The number of aliphatic hydroxyl groups is 1. The number of aliphatic hydroxyl groups excluding tert-OH is 1. The Kier molecular flexibility index (Phi) is 9.99. The van der Waals surface area contributed by atoms with Crippen molar-refractivity contribution >= 4 is 5.97 Å². The molecular formula is C25H33N2O5+. The fourth-order valence-electron chi connectivity index (χ4n) is 3.26. The smallest absolute Gasteiger partial charge is 0.310 e. The van der Waals surface area contributed by atoms with E-state index in [2.05, 4.69) is 26.2 Å². The Bertz CT molecular complexity index is 873. The lowest BCUT2D eigenvalue weighted by Gasteiger charge is -2.32. The maximum atomic E-state index is 11.7. The molecule has 1 atom stereocenters. The summed E-state index contributed by atoms with van der Waals surface area (Å²) in [5.74, 6) is 1.12. The van der Waals surface area contributed by atoms with E-state index < -0.39 is 6.10 Å². The van der Waals surface area contributed by atoms with Crippen molar-refractivity contribution < 1.29 is 28.6 Å². The number of esters is 1. The summed E-state index contributed by atoms with van der Waals surface area (Å²) in [6, 6.07) is 17.1. The lowest BCUT2D eigenvalue weighted by molar-refractivity contribution is -0.893. The standard InChI is InChI=1S/C25H33N2O5/c1-27(2,15-13-20-5-9-23(30-3)10-6-20)18-22(28)19-32-24-11-7-21(8-12-24)17-25(29)31-16-4-14-26/h5-12,22,28H,4,13,15-19H2,1-3H3/q+1/t22-/m1/s1. The van der Waals surface area contributed by atoms with Crippen molar-refractivity contribution in [2.45, 2.75) is 25.4 Å². The Morgan fingerprint density at radius 3 is 2.31 bits per heavy atom. The van der Waals surface area contributed by atoms with Crippen molar-refractivity contribution in [1.82, 2.24) is 0 Å². The van der Waals surface area contributed by atoms with E-state index in [1.54, 1.807) is 31.4 Å². The number of quaternary nitrogens is 1. The van der Waals surface area contributed by atoms with E-state index in [-0.39, 0.29) is 32.0 Å². The van der Waals surface area contributed by atoms with Crippen LogP contribution in [0, 0.1) is 11.3 Å². The van der Waals surface area contributed by atoms with E-state index in [9.17, 15) is 9.90 Å². The van der Waals surface area contributed by atoms with E-state index in [4.69, 9.17) is 19.5 Å². The summed E-state index contributed by atoms with van der Waals surface area (Å²) in [6.45, 7) is 1.77. The van der Waals surface area contributed by atoms with E-state index in [1.165, 1.54) is 5.56 Å². The van der Waals surface area contributed by atoms with Gasteiger partial charge in [-0.25, -0.2) is 0 Å². The Hall–Kier alpha value is -3.08. The third kappa shape index (κ3) is 9.38. The summed E-state index contributed by atoms with van der Waals surface area (Å²) in [5, 5.41) is 18.9. The quantitative estimate of drug-likeness (QED) is 0.292. The Morgan fingerprint density at radius 1 is 1.06 bits per heavy atom. The molecule has 0 aliphatic heterocycles. The summed E-state index contributed by atoms with van der Waals surface area (Å²) in [7, 11) is 5.85. The van der Waals surface area contributed by atoms with Gasteiger partial charge < -0.3 is 23.8 Å². The van der Waals surface area contributed by atoms with Gasteiger partial charge in [0.05, 0.1) is 46.7 Å². The largest absolute Gasteiger partial charge is 0.497 e. The van der Waals surface area contributed by atoms with Crippen molar-refractivity contribution in [1.29, 1.82) is 5.26 Å². The first-order valence-electron chi connectivity index (χ1n) is 10.7. The van der Waals surface area contributed by atoms with E-state index in [1.807, 2.05) is 18.2 Å². The maximum absolute atomic E-state index is 11.7. The van der Waals surface area contributed by atoms with Gasteiger partial charge in [-0.05, 0) is 35.4 Å². The lowest BCUT2D eigenvalue weighted by Crippen LogP contribution is -2.48. The molecule has 0 aliphatic rings. The number of carbonyl (C=O) groups excluding carboxylic acids is 1. The summed E-state index contributed by atoms with van der Waals surface area (Å²) < 4.78 is 16.5. The monoisotopic (exact) mass is 441 g/mol. The minimum Gasteiger partial charge on any atom is -0.497 e. The molecule has 2 aromatic rings. The van der Waals surface area contributed by atoms with Crippen LogP contribution in [0.25, 0.3) is 0 Å². The molecule has 0 amide bonds. The number of hydrogen-bond donors (Lipinski definition) is 1. The van der Waals surface area contributed by atoms with Gasteiger partial charge in [0.25, 0.3) is 0 Å². The number of methoxy groups -OCH3 is 1. The first kappa shape index (κ1) is 25.2. The normalized spacial score (nSPS) is 12.0. The number of ether oxygens (including phenoxy) is 3. The number of benzene rings is 2. The zero-order valence-electron chi connectivity index (χ0n) is 19.1. The topological polar surface area (TPSA) is 88.8 Å². The maximum Gasteiger partial charge on any atom is 0.310 e. The second-order valence-electron chi connectivity index (χ2n) is 8.35. The molecule has 0 unspecified atom stereocenters. The molecule has 0 saturated carbocycles. The van der Waals surface area contributed by atoms with Crippen LogP contribution in [0.5, 0.6) is 11.5 Å². The van der Waals surface area contributed by atoms with E-state index >= 15 is 0 Å². The van der Waals surface area contributed by atoms with Gasteiger partial charge in [-0.1, -0.05) is 24.3 Å². The van der Waals surface area contributed by atoms with Crippen molar-refractivity contribution in [2.24, 2.45) is 0 Å². The van der Waals surface area contributed by atoms with Crippen LogP contribution in [-0.2, 0) is 22.4 Å². The number of rotatable bonds is 13. The molecule has 0 fully saturated rings. The first-order chi connectivity index (χ1) is 15.3. The SMILES string of the molecule is COc1ccc(CC[N+](C)(C)C[C@@H](O)COc2ccc(CC(=O)OCCC#N)cc2)cc1.